The molecule has 0 aliphatic heterocycles. The standard InChI is InChI=1S/C31H37F2N7O2/c1-2-3-12-42-13-5-4-7-20-10-11-34-27(14-20)31(41)39-23-9-6-8-22(16-23)38-30-26(33)19-37-29(40-30)25-18-36-28-24(25)15-21(32)17-35-28/h10-11,14-15,17-19,22-23H,2-9,12-13,16H2,1H3,(H,35,36)(H,39,41)(H,37,38,40)/t22-,23+/m1/s1. The summed E-state index contributed by atoms with van der Waals surface area (Å²) < 4.78 is 34.2. The third-order valence-corrected chi connectivity index (χ3v) is 7.54. The number of rotatable bonds is 13. The van der Waals surface area contributed by atoms with E-state index < -0.39 is 11.6 Å². The minimum absolute atomic E-state index is 0.0702. The first-order valence-corrected chi connectivity index (χ1v) is 14.8. The number of hydrogen-bond donors (Lipinski definition) is 3. The van der Waals surface area contributed by atoms with Crippen LogP contribution in [0, 0.1) is 11.6 Å². The Balaban J connectivity index is 1.16. The SMILES string of the molecule is CCCCOCCCCc1ccnc(C(=O)N[C@H]2CCC[C@@H](Nc3nc(-c4c[nH]c5ncc(F)cc45)ncc3F)C2)c1. The first-order chi connectivity index (χ1) is 20.5. The predicted molar refractivity (Wildman–Crippen MR) is 157 cm³/mol. The number of carbonyl (C=O) groups excluding carboxylic acids is 1. The molecule has 4 aromatic rings. The summed E-state index contributed by atoms with van der Waals surface area (Å²) in [5.41, 5.74) is 2.50. The van der Waals surface area contributed by atoms with Crippen molar-refractivity contribution in [2.75, 3.05) is 18.5 Å². The third kappa shape index (κ3) is 7.64. The monoisotopic (exact) mass is 577 g/mol. The summed E-state index contributed by atoms with van der Waals surface area (Å²) in [6.45, 7) is 3.72. The molecule has 1 saturated carbocycles. The van der Waals surface area contributed by atoms with Crippen LogP contribution in [-0.4, -0.2) is 56.1 Å². The number of nitrogens with zero attached hydrogens (tertiary/aromatic N) is 4. The zero-order chi connectivity index (χ0) is 29.3. The maximum Gasteiger partial charge on any atom is 0.270 e. The molecule has 1 amide bonds. The number of aryl methyl sites for hydroxylation is 1. The summed E-state index contributed by atoms with van der Waals surface area (Å²) in [7, 11) is 0. The average molecular weight is 578 g/mol. The van der Waals surface area contributed by atoms with Crippen LogP contribution >= 0.6 is 0 Å². The summed E-state index contributed by atoms with van der Waals surface area (Å²) in [5.74, 6) is -0.943. The lowest BCUT2D eigenvalue weighted by Crippen LogP contribution is -2.42. The molecule has 4 heterocycles. The number of anilines is 1. The van der Waals surface area contributed by atoms with E-state index in [1.165, 1.54) is 6.07 Å². The van der Waals surface area contributed by atoms with E-state index in [2.05, 4.69) is 42.5 Å². The highest BCUT2D eigenvalue weighted by Gasteiger charge is 2.25. The molecule has 5 rings (SSSR count). The molecule has 0 aromatic carbocycles. The maximum absolute atomic E-state index is 14.7. The minimum Gasteiger partial charge on any atom is -0.381 e. The lowest BCUT2D eigenvalue weighted by Gasteiger charge is -2.30. The number of pyridine rings is 2. The normalized spacial score (nSPS) is 16.9. The van der Waals surface area contributed by atoms with Crippen molar-refractivity contribution < 1.29 is 18.3 Å². The number of H-pyrrole nitrogens is 1. The Hall–Kier alpha value is -3.99. The summed E-state index contributed by atoms with van der Waals surface area (Å²) in [5, 5.41) is 6.83. The van der Waals surface area contributed by atoms with E-state index in [1.807, 2.05) is 12.1 Å². The molecule has 0 spiro atoms. The van der Waals surface area contributed by atoms with Crippen LogP contribution in [0.5, 0.6) is 0 Å². The van der Waals surface area contributed by atoms with Crippen LogP contribution in [0.4, 0.5) is 14.6 Å². The van der Waals surface area contributed by atoms with E-state index in [-0.39, 0.29) is 29.6 Å². The Kier molecular flexibility index (Phi) is 10.0. The van der Waals surface area contributed by atoms with Crippen molar-refractivity contribution in [3.8, 4) is 11.4 Å². The lowest BCUT2D eigenvalue weighted by molar-refractivity contribution is 0.0921. The first-order valence-electron chi connectivity index (χ1n) is 14.8. The lowest BCUT2D eigenvalue weighted by atomic mass is 9.90. The van der Waals surface area contributed by atoms with Crippen molar-refractivity contribution >= 4 is 22.8 Å². The quantitative estimate of drug-likeness (QED) is 0.167. The van der Waals surface area contributed by atoms with Gasteiger partial charge >= 0.3 is 0 Å². The van der Waals surface area contributed by atoms with Crippen LogP contribution in [0.25, 0.3) is 22.4 Å². The Morgan fingerprint density at radius 2 is 1.93 bits per heavy atom. The van der Waals surface area contributed by atoms with Crippen LogP contribution < -0.4 is 10.6 Å². The second kappa shape index (κ2) is 14.3. The molecule has 2 atom stereocenters. The van der Waals surface area contributed by atoms with Gasteiger partial charge in [-0.1, -0.05) is 13.3 Å². The Morgan fingerprint density at radius 1 is 1.07 bits per heavy atom. The fourth-order valence-electron chi connectivity index (χ4n) is 5.30. The molecule has 3 N–H and O–H groups in total. The number of fused-ring (bicyclic) bond motifs is 1. The van der Waals surface area contributed by atoms with Gasteiger partial charge in [0.15, 0.2) is 17.5 Å². The zero-order valence-corrected chi connectivity index (χ0v) is 23.8. The summed E-state index contributed by atoms with van der Waals surface area (Å²) in [4.78, 5) is 32.9. The van der Waals surface area contributed by atoms with Gasteiger partial charge in [0, 0.05) is 48.6 Å². The van der Waals surface area contributed by atoms with E-state index in [4.69, 9.17) is 4.74 Å². The van der Waals surface area contributed by atoms with Crippen LogP contribution in [0.3, 0.4) is 0 Å². The zero-order valence-electron chi connectivity index (χ0n) is 23.8. The number of carbonyl (C=O) groups is 1. The molecular weight excluding hydrogens is 540 g/mol. The summed E-state index contributed by atoms with van der Waals surface area (Å²) in [6, 6.07) is 4.97. The van der Waals surface area contributed by atoms with Gasteiger partial charge < -0.3 is 20.4 Å². The largest absolute Gasteiger partial charge is 0.381 e. The van der Waals surface area contributed by atoms with Gasteiger partial charge in [-0.05, 0) is 75.1 Å². The van der Waals surface area contributed by atoms with E-state index >= 15 is 0 Å². The van der Waals surface area contributed by atoms with Crippen molar-refractivity contribution in [2.45, 2.75) is 76.8 Å². The van der Waals surface area contributed by atoms with Gasteiger partial charge in [-0.15, -0.1) is 0 Å². The number of nitrogens with one attached hydrogen (secondary N) is 3. The van der Waals surface area contributed by atoms with Crippen molar-refractivity contribution in [1.82, 2.24) is 30.2 Å². The van der Waals surface area contributed by atoms with Crippen LogP contribution in [0.2, 0.25) is 0 Å². The third-order valence-electron chi connectivity index (χ3n) is 7.54. The molecule has 1 aliphatic rings. The predicted octanol–water partition coefficient (Wildman–Crippen LogP) is 5.99. The van der Waals surface area contributed by atoms with Crippen molar-refractivity contribution in [3.05, 3.63) is 65.9 Å². The van der Waals surface area contributed by atoms with E-state index in [9.17, 15) is 13.6 Å². The molecule has 4 aromatic heterocycles. The van der Waals surface area contributed by atoms with Crippen LogP contribution in [0.1, 0.15) is 74.3 Å². The number of ether oxygens (including phenoxy) is 1. The molecular formula is C31H37F2N7O2. The smallest absolute Gasteiger partial charge is 0.270 e. The van der Waals surface area contributed by atoms with Gasteiger partial charge in [0.05, 0.1) is 12.4 Å². The second-order valence-electron chi connectivity index (χ2n) is 10.8. The number of aromatic nitrogens is 5. The number of hydrogen-bond acceptors (Lipinski definition) is 7. The van der Waals surface area contributed by atoms with Gasteiger partial charge in [0.2, 0.25) is 0 Å². The van der Waals surface area contributed by atoms with Gasteiger partial charge in [-0.25, -0.2) is 23.7 Å². The molecule has 0 bridgehead atoms. The summed E-state index contributed by atoms with van der Waals surface area (Å²) in [6.07, 6.45) is 13.7. The van der Waals surface area contributed by atoms with Gasteiger partial charge in [-0.3, -0.25) is 9.78 Å². The summed E-state index contributed by atoms with van der Waals surface area (Å²) >= 11 is 0. The second-order valence-corrected chi connectivity index (χ2v) is 10.8. The van der Waals surface area contributed by atoms with Crippen LogP contribution in [-0.2, 0) is 11.2 Å². The number of unbranched alkanes of at least 4 members (excludes halogenated alkanes) is 2. The average Bonchev–Trinajstić information content (AvgIpc) is 3.41. The Morgan fingerprint density at radius 3 is 2.81 bits per heavy atom. The molecule has 1 fully saturated rings. The molecule has 11 heteroatoms. The molecule has 1 aliphatic carbocycles. The van der Waals surface area contributed by atoms with Gasteiger partial charge in [0.25, 0.3) is 5.91 Å². The van der Waals surface area contributed by atoms with Crippen LogP contribution in [0.15, 0.2) is 43.0 Å². The molecule has 42 heavy (non-hydrogen) atoms. The van der Waals surface area contributed by atoms with Gasteiger partial charge in [-0.2, -0.15) is 0 Å². The highest BCUT2D eigenvalue weighted by Crippen LogP contribution is 2.28. The highest BCUT2D eigenvalue weighted by atomic mass is 19.1. The molecule has 0 radical (unpaired) electrons. The van der Waals surface area contributed by atoms with Crippen molar-refractivity contribution in [2.24, 2.45) is 0 Å². The highest BCUT2D eigenvalue weighted by molar-refractivity contribution is 5.93. The maximum atomic E-state index is 14.7. The molecule has 0 unspecified atom stereocenters. The fraction of sp³-hybridized carbons (Fsp3) is 0.452. The fourth-order valence-corrected chi connectivity index (χ4v) is 5.30. The molecule has 0 saturated heterocycles. The topological polar surface area (TPSA) is 118 Å². The number of halogens is 2. The number of amides is 1. The van der Waals surface area contributed by atoms with E-state index in [1.54, 1.807) is 12.4 Å². The molecule has 222 valence electrons. The van der Waals surface area contributed by atoms with E-state index in [0.29, 0.717) is 28.7 Å². The van der Waals surface area contributed by atoms with E-state index in [0.717, 1.165) is 82.5 Å². The number of aromatic amines is 1. The van der Waals surface area contributed by atoms with Crippen molar-refractivity contribution in [1.29, 1.82) is 0 Å². The van der Waals surface area contributed by atoms with Crippen molar-refractivity contribution in [3.63, 3.8) is 0 Å². The molecule has 9 nitrogen and oxygen atoms in total. The minimum atomic E-state index is -0.581. The van der Waals surface area contributed by atoms with Gasteiger partial charge in [0.1, 0.15) is 17.2 Å². The first kappa shape index (κ1) is 29.5. The Labute approximate surface area is 243 Å². The Bertz CT molecular complexity index is 1500.